The molecule has 1 fully saturated rings. The molecule has 1 aliphatic heterocycles. The molecular weight excluding hydrogens is 436 g/mol. The van der Waals surface area contributed by atoms with Crippen molar-refractivity contribution < 1.29 is 14.3 Å². The predicted octanol–water partition coefficient (Wildman–Crippen LogP) is 0.267. The number of rotatable bonds is 7. The smallest absolute Gasteiger partial charge is 0.253 e. The van der Waals surface area contributed by atoms with E-state index in [1.54, 1.807) is 41.0 Å². The number of methoxy groups -OCH3 is 1. The predicted molar refractivity (Wildman–Crippen MR) is 126 cm³/mol. The molecule has 176 valence electrons. The van der Waals surface area contributed by atoms with Gasteiger partial charge in [0, 0.05) is 37.9 Å². The molecule has 11 heteroatoms. The normalized spacial score (nSPS) is 17.7. The number of carbonyl (C=O) groups excluding carboxylic acids is 2. The Labute approximate surface area is 196 Å². The fraction of sp³-hybridized carbons (Fsp3) is 0.261. The number of nitrogens with zero attached hydrogens (tertiary/aromatic N) is 5. The number of ether oxygens (including phenoxy) is 1. The zero-order chi connectivity index (χ0) is 24.7. The summed E-state index contributed by atoms with van der Waals surface area (Å²) in [5.74, 6) is 10.7. The van der Waals surface area contributed by atoms with Gasteiger partial charge < -0.3 is 26.5 Å². The number of aromatic nitrogens is 3. The van der Waals surface area contributed by atoms with Gasteiger partial charge >= 0.3 is 0 Å². The monoisotopic (exact) mass is 462 g/mol. The number of carbonyl (C=O) groups is 2. The van der Waals surface area contributed by atoms with Crippen molar-refractivity contribution in [2.24, 2.45) is 22.6 Å². The fourth-order valence-corrected chi connectivity index (χ4v) is 3.75. The van der Waals surface area contributed by atoms with Crippen molar-refractivity contribution in [1.82, 2.24) is 24.6 Å². The molecule has 1 aliphatic rings. The highest BCUT2D eigenvalue weighted by molar-refractivity contribution is 6.28. The molecule has 0 unspecified atom stereocenters. The van der Waals surface area contributed by atoms with Gasteiger partial charge in [-0.1, -0.05) is 6.58 Å². The van der Waals surface area contributed by atoms with Gasteiger partial charge in [0.25, 0.3) is 5.91 Å². The molecule has 2 amide bonds. The van der Waals surface area contributed by atoms with Crippen molar-refractivity contribution in [3.05, 3.63) is 66.2 Å². The van der Waals surface area contributed by atoms with Crippen LogP contribution in [0.4, 0.5) is 0 Å². The highest BCUT2D eigenvalue weighted by atomic mass is 16.5. The first kappa shape index (κ1) is 24.1. The van der Waals surface area contributed by atoms with E-state index in [-0.39, 0.29) is 23.1 Å². The second-order valence-corrected chi connectivity index (χ2v) is 7.41. The van der Waals surface area contributed by atoms with Gasteiger partial charge in [-0.3, -0.25) is 14.0 Å². The fourth-order valence-electron chi connectivity index (χ4n) is 3.75. The lowest BCUT2D eigenvalue weighted by Gasteiger charge is -2.17. The van der Waals surface area contributed by atoms with Gasteiger partial charge in [0.2, 0.25) is 11.7 Å². The van der Waals surface area contributed by atoms with Crippen LogP contribution >= 0.6 is 0 Å². The average molecular weight is 463 g/mol. The first-order chi connectivity index (χ1) is 16.4. The third kappa shape index (κ3) is 5.24. The maximum absolute atomic E-state index is 12.4. The molecule has 2 aromatic heterocycles. The van der Waals surface area contributed by atoms with Gasteiger partial charge in [-0.15, -0.1) is 0 Å². The summed E-state index contributed by atoms with van der Waals surface area (Å²) in [5, 5.41) is 6.73. The number of hydrogen-bond donors (Lipinski definition) is 3. The molecule has 0 radical (unpaired) electrons. The average Bonchev–Trinajstić information content (AvgIpc) is 3.46. The number of nitrogens with two attached hydrogens (primary N) is 2. The van der Waals surface area contributed by atoms with E-state index in [0.29, 0.717) is 36.6 Å². The number of amides is 2. The lowest BCUT2D eigenvalue weighted by Crippen LogP contribution is -2.29. The molecule has 0 spiro atoms. The summed E-state index contributed by atoms with van der Waals surface area (Å²) in [4.78, 5) is 34.7. The highest BCUT2D eigenvalue weighted by Crippen LogP contribution is 2.31. The van der Waals surface area contributed by atoms with Gasteiger partial charge in [0.15, 0.2) is 0 Å². The molecule has 5 N–H and O–H groups in total. The van der Waals surface area contributed by atoms with Crippen molar-refractivity contribution in [2.45, 2.75) is 12.8 Å². The summed E-state index contributed by atoms with van der Waals surface area (Å²) in [6.07, 6.45) is 8.89. The summed E-state index contributed by atoms with van der Waals surface area (Å²) in [6.45, 7) is 3.97. The number of likely N-dealkylation sites (tertiary alicyclic amines) is 1. The van der Waals surface area contributed by atoms with Gasteiger partial charge in [-0.2, -0.15) is 5.10 Å². The third-order valence-electron chi connectivity index (χ3n) is 5.26. The molecular formula is C23H26N8O3. The Morgan fingerprint density at radius 1 is 1.44 bits per heavy atom. The largest absolute Gasteiger partial charge is 0.503 e. The van der Waals surface area contributed by atoms with Crippen molar-refractivity contribution in [3.63, 3.8) is 0 Å². The third-order valence-corrected chi connectivity index (χ3v) is 5.26. The minimum absolute atomic E-state index is 0.0152. The van der Waals surface area contributed by atoms with Crippen LogP contribution in [0.15, 0.2) is 65.6 Å². The maximum atomic E-state index is 12.4. The Bertz CT molecular complexity index is 1260. The minimum Gasteiger partial charge on any atom is -0.503 e. The number of hydrogen-bond acceptors (Lipinski definition) is 8. The van der Waals surface area contributed by atoms with E-state index in [0.717, 1.165) is 5.70 Å². The van der Waals surface area contributed by atoms with Crippen LogP contribution in [0, 0.1) is 17.8 Å². The van der Waals surface area contributed by atoms with E-state index < -0.39 is 5.91 Å². The van der Waals surface area contributed by atoms with Crippen LogP contribution in [0.3, 0.4) is 0 Å². The lowest BCUT2D eigenvalue weighted by atomic mass is 9.96. The molecule has 0 aliphatic carbocycles. The first-order valence-corrected chi connectivity index (χ1v) is 10.4. The van der Waals surface area contributed by atoms with Gasteiger partial charge in [0.1, 0.15) is 17.7 Å². The van der Waals surface area contributed by atoms with Crippen LogP contribution in [-0.2, 0) is 14.3 Å². The number of allylic oxidation sites excluding steroid dienone is 2. The number of fused-ring (bicyclic) bond motifs is 1. The zero-order valence-corrected chi connectivity index (χ0v) is 19.0. The molecule has 1 saturated heterocycles. The Balaban J connectivity index is 1.91. The van der Waals surface area contributed by atoms with E-state index >= 15 is 0 Å². The second kappa shape index (κ2) is 10.8. The summed E-state index contributed by atoms with van der Waals surface area (Å²) >= 11 is 0. The van der Waals surface area contributed by atoms with E-state index in [1.165, 1.54) is 19.4 Å². The molecule has 11 nitrogen and oxygen atoms in total. The standard InChI is InChI=1S/C23H26N8O3/c1-4-20(32)31-13-15(11-17(31)14-34-3)12-19(26-2)21(22(24)33)18(29-25)6-5-16-7-9-30-10-8-27-23(30)28-16/h4,7-10,14-15,26H,1,11-13,25H2,2-3H3,(H2,24,33)/b17-14+,21-19-,29-18-/t15-/m1/s1. The number of hydrazone groups is 1. The van der Waals surface area contributed by atoms with E-state index in [4.69, 9.17) is 16.3 Å². The van der Waals surface area contributed by atoms with Crippen molar-refractivity contribution >= 4 is 23.3 Å². The van der Waals surface area contributed by atoms with Crippen molar-refractivity contribution in [2.75, 3.05) is 20.7 Å². The highest BCUT2D eigenvalue weighted by Gasteiger charge is 2.32. The van der Waals surface area contributed by atoms with Gasteiger partial charge in [-0.25, -0.2) is 9.97 Å². The van der Waals surface area contributed by atoms with Crippen LogP contribution in [0.5, 0.6) is 0 Å². The Morgan fingerprint density at radius 2 is 2.24 bits per heavy atom. The molecule has 1 atom stereocenters. The summed E-state index contributed by atoms with van der Waals surface area (Å²) < 4.78 is 6.85. The number of primary amides is 1. The zero-order valence-electron chi connectivity index (χ0n) is 19.0. The Hall–Kier alpha value is -4.59. The SMILES string of the molecule is C=CC(=O)N1C[C@@H](C/C(NC)=C(C(N)=O)\C(C#Cc2ccn3ccnc3n2)=N/N)C/C1=C\OC. The number of nitrogens with one attached hydrogen (secondary N) is 1. The quantitative estimate of drug-likeness (QED) is 0.133. The molecule has 34 heavy (non-hydrogen) atoms. The van der Waals surface area contributed by atoms with Crippen LogP contribution in [0.2, 0.25) is 0 Å². The van der Waals surface area contributed by atoms with Crippen LogP contribution in [-0.4, -0.2) is 57.5 Å². The van der Waals surface area contributed by atoms with Crippen molar-refractivity contribution in [3.8, 4) is 11.8 Å². The van der Waals surface area contributed by atoms with Crippen LogP contribution < -0.4 is 16.9 Å². The summed E-state index contributed by atoms with van der Waals surface area (Å²) in [7, 11) is 3.18. The summed E-state index contributed by atoms with van der Waals surface area (Å²) in [5.41, 5.74) is 7.44. The Kier molecular flexibility index (Phi) is 7.66. The topological polar surface area (TPSA) is 153 Å². The van der Waals surface area contributed by atoms with Gasteiger partial charge in [-0.05, 0) is 42.7 Å². The van der Waals surface area contributed by atoms with E-state index in [1.807, 2.05) is 0 Å². The van der Waals surface area contributed by atoms with E-state index in [9.17, 15) is 9.59 Å². The summed E-state index contributed by atoms with van der Waals surface area (Å²) in [6, 6.07) is 1.70. The number of imidazole rings is 1. The first-order valence-electron chi connectivity index (χ1n) is 10.4. The second-order valence-electron chi connectivity index (χ2n) is 7.41. The maximum Gasteiger partial charge on any atom is 0.253 e. The van der Waals surface area contributed by atoms with Gasteiger partial charge in [0.05, 0.1) is 18.4 Å². The lowest BCUT2D eigenvalue weighted by molar-refractivity contribution is -0.123. The van der Waals surface area contributed by atoms with Crippen molar-refractivity contribution in [1.29, 1.82) is 0 Å². The van der Waals surface area contributed by atoms with Crippen LogP contribution in [0.1, 0.15) is 18.5 Å². The molecule has 3 heterocycles. The molecule has 0 bridgehead atoms. The Morgan fingerprint density at radius 3 is 2.88 bits per heavy atom. The molecule has 3 rings (SSSR count). The van der Waals surface area contributed by atoms with Crippen LogP contribution in [0.25, 0.3) is 5.78 Å². The minimum atomic E-state index is -0.732. The molecule has 0 aromatic carbocycles. The molecule has 2 aromatic rings. The molecule has 0 saturated carbocycles. The van der Waals surface area contributed by atoms with E-state index in [2.05, 4.69) is 38.8 Å².